The summed E-state index contributed by atoms with van der Waals surface area (Å²) >= 11 is 0. The lowest BCUT2D eigenvalue weighted by molar-refractivity contribution is -0.130. The number of hydrogen-bond acceptors (Lipinski definition) is 2. The first-order valence-electron chi connectivity index (χ1n) is 8.87. The Labute approximate surface area is 137 Å². The zero-order valence-corrected chi connectivity index (χ0v) is 13.5. The van der Waals surface area contributed by atoms with Crippen LogP contribution in [0.2, 0.25) is 0 Å². The third-order valence-electron chi connectivity index (χ3n) is 5.69. The van der Waals surface area contributed by atoms with Crippen LogP contribution in [-0.2, 0) is 22.4 Å². The molecule has 122 valence electrons. The summed E-state index contributed by atoms with van der Waals surface area (Å²) in [6, 6.07) is 8.97. The summed E-state index contributed by atoms with van der Waals surface area (Å²) in [5.74, 6) is 0.0789. The molecule has 2 aliphatic carbocycles. The molecule has 23 heavy (non-hydrogen) atoms. The van der Waals surface area contributed by atoms with Gasteiger partial charge in [0.05, 0.1) is 5.92 Å². The zero-order valence-electron chi connectivity index (χ0n) is 13.5. The number of rotatable bonds is 3. The summed E-state index contributed by atoms with van der Waals surface area (Å²) in [7, 11) is 0. The molecule has 0 radical (unpaired) electrons. The highest BCUT2D eigenvalue weighted by atomic mass is 16.2. The van der Waals surface area contributed by atoms with Crippen molar-refractivity contribution in [3.05, 3.63) is 35.4 Å². The average molecular weight is 312 g/mol. The molecule has 0 aromatic heterocycles. The van der Waals surface area contributed by atoms with E-state index in [4.69, 9.17) is 0 Å². The standard InChI is InChI=1S/C19H24N2O2/c22-18-11-15(12-21(18)17-7-3-4-8-17)19(23)20-16-9-13-5-1-2-6-14(13)10-16/h1-2,5-6,15-17H,3-4,7-12H2,(H,20,23)/t15-/m0/s1. The molecule has 1 atom stereocenters. The number of nitrogens with one attached hydrogen (secondary N) is 1. The molecule has 0 bridgehead atoms. The Kier molecular flexibility index (Phi) is 3.83. The van der Waals surface area contributed by atoms with Gasteiger partial charge in [-0.15, -0.1) is 0 Å². The minimum Gasteiger partial charge on any atom is -0.352 e. The van der Waals surface area contributed by atoms with Crippen LogP contribution in [-0.4, -0.2) is 35.3 Å². The summed E-state index contributed by atoms with van der Waals surface area (Å²) in [6.45, 7) is 0.620. The van der Waals surface area contributed by atoms with Crippen LogP contribution in [0.25, 0.3) is 0 Å². The third-order valence-corrected chi connectivity index (χ3v) is 5.69. The number of hydrogen-bond donors (Lipinski definition) is 1. The van der Waals surface area contributed by atoms with Crippen molar-refractivity contribution in [1.29, 1.82) is 0 Å². The fourth-order valence-corrected chi connectivity index (χ4v) is 4.46. The van der Waals surface area contributed by atoms with E-state index in [2.05, 4.69) is 29.6 Å². The molecule has 1 saturated carbocycles. The molecule has 2 amide bonds. The van der Waals surface area contributed by atoms with Crippen molar-refractivity contribution in [2.24, 2.45) is 5.92 Å². The van der Waals surface area contributed by atoms with Crippen LogP contribution < -0.4 is 5.32 Å². The molecule has 4 heteroatoms. The molecular weight excluding hydrogens is 288 g/mol. The van der Waals surface area contributed by atoms with Gasteiger partial charge in [-0.3, -0.25) is 9.59 Å². The molecule has 1 saturated heterocycles. The Morgan fingerprint density at radius 3 is 2.35 bits per heavy atom. The Morgan fingerprint density at radius 2 is 1.70 bits per heavy atom. The van der Waals surface area contributed by atoms with Gasteiger partial charge in [0.1, 0.15) is 0 Å². The van der Waals surface area contributed by atoms with Gasteiger partial charge in [-0.1, -0.05) is 37.1 Å². The summed E-state index contributed by atoms with van der Waals surface area (Å²) in [5, 5.41) is 3.18. The molecule has 0 spiro atoms. The largest absolute Gasteiger partial charge is 0.352 e. The van der Waals surface area contributed by atoms with Gasteiger partial charge in [-0.2, -0.15) is 0 Å². The van der Waals surface area contributed by atoms with Gasteiger partial charge in [0.15, 0.2) is 0 Å². The monoisotopic (exact) mass is 312 g/mol. The predicted octanol–water partition coefficient (Wildman–Crippen LogP) is 2.06. The van der Waals surface area contributed by atoms with Gasteiger partial charge in [-0.25, -0.2) is 0 Å². The van der Waals surface area contributed by atoms with Crippen LogP contribution in [0.5, 0.6) is 0 Å². The van der Waals surface area contributed by atoms with E-state index in [0.717, 1.165) is 25.7 Å². The van der Waals surface area contributed by atoms with Crippen molar-refractivity contribution in [3.8, 4) is 0 Å². The number of likely N-dealkylation sites (tertiary alicyclic amines) is 1. The number of nitrogens with zero attached hydrogens (tertiary/aromatic N) is 1. The van der Waals surface area contributed by atoms with E-state index in [1.54, 1.807) is 0 Å². The van der Waals surface area contributed by atoms with Crippen LogP contribution >= 0.6 is 0 Å². The molecular formula is C19H24N2O2. The molecule has 4 nitrogen and oxygen atoms in total. The molecule has 4 rings (SSSR count). The average Bonchev–Trinajstić information content (AvgIpc) is 3.24. The first kappa shape index (κ1) is 14.7. The Bertz CT molecular complexity index is 597. The van der Waals surface area contributed by atoms with E-state index in [-0.39, 0.29) is 23.8 Å². The van der Waals surface area contributed by atoms with Gasteiger partial charge < -0.3 is 10.2 Å². The molecule has 1 aliphatic heterocycles. The lowest BCUT2D eigenvalue weighted by Gasteiger charge is -2.24. The third kappa shape index (κ3) is 2.87. The molecule has 2 fully saturated rings. The maximum absolute atomic E-state index is 12.6. The molecule has 3 aliphatic rings. The van der Waals surface area contributed by atoms with Crippen LogP contribution in [0.4, 0.5) is 0 Å². The van der Waals surface area contributed by atoms with Gasteiger partial charge >= 0.3 is 0 Å². The second-order valence-corrected chi connectivity index (χ2v) is 7.27. The highest BCUT2D eigenvalue weighted by Crippen LogP contribution is 2.30. The maximum Gasteiger partial charge on any atom is 0.225 e. The highest BCUT2D eigenvalue weighted by molar-refractivity contribution is 5.89. The fourth-order valence-electron chi connectivity index (χ4n) is 4.46. The van der Waals surface area contributed by atoms with Crippen LogP contribution in [0, 0.1) is 5.92 Å². The van der Waals surface area contributed by atoms with Crippen molar-refractivity contribution in [1.82, 2.24) is 10.2 Å². The molecule has 1 aromatic carbocycles. The highest BCUT2D eigenvalue weighted by Gasteiger charge is 2.39. The Hall–Kier alpha value is -1.84. The number of fused-ring (bicyclic) bond motifs is 1. The lowest BCUT2D eigenvalue weighted by Crippen LogP contribution is -2.41. The summed E-state index contributed by atoms with van der Waals surface area (Å²) in [4.78, 5) is 26.8. The topological polar surface area (TPSA) is 49.4 Å². The molecule has 1 aromatic rings. The number of amides is 2. The Balaban J connectivity index is 1.34. The molecule has 1 N–H and O–H groups in total. The minimum atomic E-state index is -0.160. The summed E-state index contributed by atoms with van der Waals surface area (Å²) in [6.07, 6.45) is 6.86. The second-order valence-electron chi connectivity index (χ2n) is 7.27. The Morgan fingerprint density at radius 1 is 1.04 bits per heavy atom. The van der Waals surface area contributed by atoms with Crippen molar-refractivity contribution in [2.75, 3.05) is 6.54 Å². The van der Waals surface area contributed by atoms with E-state index < -0.39 is 0 Å². The van der Waals surface area contributed by atoms with Crippen LogP contribution in [0.3, 0.4) is 0 Å². The maximum atomic E-state index is 12.6. The number of carbonyl (C=O) groups excluding carboxylic acids is 2. The quantitative estimate of drug-likeness (QED) is 0.929. The predicted molar refractivity (Wildman–Crippen MR) is 87.9 cm³/mol. The first-order valence-corrected chi connectivity index (χ1v) is 8.87. The van der Waals surface area contributed by atoms with Gasteiger partial charge in [0, 0.05) is 25.0 Å². The second kappa shape index (κ2) is 5.99. The van der Waals surface area contributed by atoms with E-state index in [1.807, 2.05) is 4.90 Å². The van der Waals surface area contributed by atoms with E-state index >= 15 is 0 Å². The van der Waals surface area contributed by atoms with Crippen molar-refractivity contribution < 1.29 is 9.59 Å². The van der Waals surface area contributed by atoms with Gasteiger partial charge in [0.2, 0.25) is 11.8 Å². The van der Waals surface area contributed by atoms with Gasteiger partial charge in [0.25, 0.3) is 0 Å². The molecule has 0 unspecified atom stereocenters. The minimum absolute atomic E-state index is 0.0663. The number of carbonyl (C=O) groups is 2. The van der Waals surface area contributed by atoms with Crippen LogP contribution in [0.15, 0.2) is 24.3 Å². The summed E-state index contributed by atoms with van der Waals surface area (Å²) < 4.78 is 0. The van der Waals surface area contributed by atoms with E-state index in [9.17, 15) is 9.59 Å². The lowest BCUT2D eigenvalue weighted by atomic mass is 10.1. The van der Waals surface area contributed by atoms with Crippen LogP contribution in [0.1, 0.15) is 43.2 Å². The smallest absolute Gasteiger partial charge is 0.225 e. The van der Waals surface area contributed by atoms with Crippen molar-refractivity contribution >= 4 is 11.8 Å². The fraction of sp³-hybridized carbons (Fsp3) is 0.579. The van der Waals surface area contributed by atoms with E-state index in [1.165, 1.54) is 24.0 Å². The van der Waals surface area contributed by atoms with E-state index in [0.29, 0.717) is 19.0 Å². The zero-order chi connectivity index (χ0) is 15.8. The molecule has 1 heterocycles. The first-order chi connectivity index (χ1) is 11.2. The number of benzene rings is 1. The van der Waals surface area contributed by atoms with Gasteiger partial charge in [-0.05, 0) is 36.8 Å². The SMILES string of the molecule is O=C(NC1Cc2ccccc2C1)[C@H]1CC(=O)N(C2CCCC2)C1. The summed E-state index contributed by atoms with van der Waals surface area (Å²) in [5.41, 5.74) is 2.68. The van der Waals surface area contributed by atoms with Crippen molar-refractivity contribution in [2.45, 2.75) is 57.0 Å². The van der Waals surface area contributed by atoms with Crippen molar-refractivity contribution in [3.63, 3.8) is 0 Å². The normalized spacial score (nSPS) is 25.1.